The summed E-state index contributed by atoms with van der Waals surface area (Å²) in [6.07, 6.45) is -2.45. The van der Waals surface area contributed by atoms with Crippen molar-refractivity contribution >= 4 is 5.91 Å². The molecule has 5 atom stereocenters. The maximum atomic E-state index is 12.3. The number of carbonyl (C=O) groups is 1. The number of rotatable bonds is 13. The molecule has 1 N–H and O–H groups in total. The van der Waals surface area contributed by atoms with Crippen LogP contribution in [0.1, 0.15) is 37.5 Å². The summed E-state index contributed by atoms with van der Waals surface area (Å²) in [5.41, 5.74) is 3.11. The molecule has 0 unspecified atom stereocenters. The minimum atomic E-state index is -0.739. The van der Waals surface area contributed by atoms with Gasteiger partial charge in [0.15, 0.2) is 6.29 Å². The van der Waals surface area contributed by atoms with E-state index in [1.165, 1.54) is 6.92 Å². The number of ether oxygens (including phenoxy) is 5. The lowest BCUT2D eigenvalue weighted by molar-refractivity contribution is -0.297. The lowest BCUT2D eigenvalue weighted by Crippen LogP contribution is -2.66. The fraction of sp³-hybridized carbons (Fsp3) is 0.406. The quantitative estimate of drug-likeness (QED) is 0.332. The Hall–Kier alpha value is -3.07. The van der Waals surface area contributed by atoms with Gasteiger partial charge in [0.2, 0.25) is 5.91 Å². The Morgan fingerprint density at radius 3 is 1.74 bits per heavy atom. The average Bonchev–Trinajstić information content (AvgIpc) is 2.94. The number of hydrogen-bond donors (Lipinski definition) is 1. The Kier molecular flexibility index (Phi) is 11.1. The highest BCUT2D eigenvalue weighted by Crippen LogP contribution is 2.30. The van der Waals surface area contributed by atoms with Gasteiger partial charge in [0.25, 0.3) is 0 Å². The fourth-order valence-corrected chi connectivity index (χ4v) is 4.61. The van der Waals surface area contributed by atoms with Gasteiger partial charge in [-0.3, -0.25) is 4.79 Å². The van der Waals surface area contributed by atoms with Crippen LogP contribution in [0.15, 0.2) is 91.0 Å². The van der Waals surface area contributed by atoms with Crippen molar-refractivity contribution in [3.05, 3.63) is 108 Å². The van der Waals surface area contributed by atoms with E-state index in [2.05, 4.69) is 5.32 Å². The molecule has 0 aliphatic carbocycles. The molecule has 1 saturated heterocycles. The third-order valence-electron chi connectivity index (χ3n) is 6.39. The lowest BCUT2D eigenvalue weighted by atomic mass is 9.95. The summed E-state index contributed by atoms with van der Waals surface area (Å²) in [6.45, 7) is 6.77. The van der Waals surface area contributed by atoms with Crippen LogP contribution in [0.2, 0.25) is 0 Å². The highest BCUT2D eigenvalue weighted by molar-refractivity contribution is 5.73. The van der Waals surface area contributed by atoms with E-state index in [1.807, 2.05) is 105 Å². The second kappa shape index (κ2) is 14.9. The zero-order valence-corrected chi connectivity index (χ0v) is 22.9. The number of amides is 1. The summed E-state index contributed by atoms with van der Waals surface area (Å²) in [6, 6.07) is 29.3. The van der Waals surface area contributed by atoms with Crippen molar-refractivity contribution in [2.45, 2.75) is 77.3 Å². The van der Waals surface area contributed by atoms with Crippen LogP contribution in [0.5, 0.6) is 0 Å². The zero-order valence-electron chi connectivity index (χ0n) is 22.9. The first-order valence-electron chi connectivity index (χ1n) is 13.5. The van der Waals surface area contributed by atoms with Gasteiger partial charge in [0.05, 0.1) is 32.5 Å². The second-order valence-corrected chi connectivity index (χ2v) is 9.98. The van der Waals surface area contributed by atoms with Gasteiger partial charge in [-0.25, -0.2) is 0 Å². The van der Waals surface area contributed by atoms with E-state index in [0.717, 1.165) is 16.7 Å². The van der Waals surface area contributed by atoms with Crippen molar-refractivity contribution in [2.24, 2.45) is 0 Å². The molecule has 1 fully saturated rings. The Balaban J connectivity index is 1.60. The third-order valence-corrected chi connectivity index (χ3v) is 6.39. The van der Waals surface area contributed by atoms with E-state index in [4.69, 9.17) is 23.7 Å². The van der Waals surface area contributed by atoms with Gasteiger partial charge in [-0.15, -0.1) is 0 Å². The molecule has 7 heteroatoms. The minimum Gasteiger partial charge on any atom is -0.374 e. The fourth-order valence-electron chi connectivity index (χ4n) is 4.61. The maximum absolute atomic E-state index is 12.3. The van der Waals surface area contributed by atoms with E-state index in [1.54, 1.807) is 0 Å². The molecule has 1 aliphatic rings. The first-order chi connectivity index (χ1) is 19.0. The largest absolute Gasteiger partial charge is 0.374 e. The standard InChI is InChI=1S/C32H39NO6/c1-23(2)38-32-29(33-24(3)34)31(37-21-27-17-11-6-12-18-27)30(36-20-26-15-9-5-10-16-26)28(39-32)22-35-19-25-13-7-4-8-14-25/h4-18,23,28-32H,19-22H2,1-3H3,(H,33,34)/t28-,29-,30-,31-,32-/m1/s1. The minimum absolute atomic E-state index is 0.131. The summed E-state index contributed by atoms with van der Waals surface area (Å²) in [5.74, 6) is -0.199. The molecule has 3 aromatic rings. The molecule has 7 nitrogen and oxygen atoms in total. The van der Waals surface area contributed by atoms with Gasteiger partial charge in [0.1, 0.15) is 24.4 Å². The predicted molar refractivity (Wildman–Crippen MR) is 149 cm³/mol. The van der Waals surface area contributed by atoms with Crippen LogP contribution in [-0.2, 0) is 48.3 Å². The molecule has 1 amide bonds. The molecule has 0 spiro atoms. The average molecular weight is 534 g/mol. The van der Waals surface area contributed by atoms with Crippen LogP contribution in [0.4, 0.5) is 0 Å². The van der Waals surface area contributed by atoms with Crippen molar-refractivity contribution in [1.29, 1.82) is 0 Å². The summed E-state index contributed by atoms with van der Waals surface area (Å²) in [5, 5.41) is 3.02. The lowest BCUT2D eigenvalue weighted by Gasteiger charge is -2.46. The molecular weight excluding hydrogens is 494 g/mol. The molecule has 1 aliphatic heterocycles. The van der Waals surface area contributed by atoms with Gasteiger partial charge in [-0.1, -0.05) is 91.0 Å². The summed E-state index contributed by atoms with van der Waals surface area (Å²) < 4.78 is 31.8. The molecule has 4 rings (SSSR count). The zero-order chi connectivity index (χ0) is 27.5. The number of hydrogen-bond acceptors (Lipinski definition) is 6. The molecule has 1 heterocycles. The SMILES string of the molecule is CC(=O)N[C@H]1[C@H](OC(C)C)O[C@H](COCc2ccccc2)[C@@H](OCc2ccccc2)[C@@H]1OCc1ccccc1. The first-order valence-corrected chi connectivity index (χ1v) is 13.5. The number of nitrogens with one attached hydrogen (secondary N) is 1. The highest BCUT2D eigenvalue weighted by Gasteiger charge is 2.49. The third kappa shape index (κ3) is 8.98. The predicted octanol–water partition coefficient (Wildman–Crippen LogP) is 5.03. The van der Waals surface area contributed by atoms with E-state index >= 15 is 0 Å². The van der Waals surface area contributed by atoms with Crippen LogP contribution in [0.25, 0.3) is 0 Å². The van der Waals surface area contributed by atoms with Crippen molar-refractivity contribution in [2.75, 3.05) is 6.61 Å². The molecule has 3 aromatic carbocycles. The topological polar surface area (TPSA) is 75.3 Å². The summed E-state index contributed by atoms with van der Waals surface area (Å²) in [4.78, 5) is 12.3. The van der Waals surface area contributed by atoms with E-state index in [-0.39, 0.29) is 18.6 Å². The van der Waals surface area contributed by atoms with Crippen molar-refractivity contribution < 1.29 is 28.5 Å². The van der Waals surface area contributed by atoms with Gasteiger partial charge >= 0.3 is 0 Å². The molecular formula is C32H39NO6. The van der Waals surface area contributed by atoms with Crippen molar-refractivity contribution in [1.82, 2.24) is 5.32 Å². The van der Waals surface area contributed by atoms with Crippen LogP contribution in [0.3, 0.4) is 0 Å². The monoisotopic (exact) mass is 533 g/mol. The summed E-state index contributed by atoms with van der Waals surface area (Å²) >= 11 is 0. The Morgan fingerprint density at radius 1 is 0.769 bits per heavy atom. The molecule has 0 bridgehead atoms. The molecule has 0 saturated carbocycles. The van der Waals surface area contributed by atoms with Crippen molar-refractivity contribution in [3.8, 4) is 0 Å². The molecule has 39 heavy (non-hydrogen) atoms. The smallest absolute Gasteiger partial charge is 0.217 e. The number of carbonyl (C=O) groups excluding carboxylic acids is 1. The van der Waals surface area contributed by atoms with Crippen LogP contribution in [-0.4, -0.2) is 49.3 Å². The first kappa shape index (κ1) is 28.9. The number of benzene rings is 3. The molecule has 0 radical (unpaired) electrons. The highest BCUT2D eigenvalue weighted by atomic mass is 16.7. The van der Waals surface area contributed by atoms with Gasteiger partial charge in [0, 0.05) is 6.92 Å². The van der Waals surface area contributed by atoms with Crippen LogP contribution in [0, 0.1) is 0 Å². The van der Waals surface area contributed by atoms with E-state index in [9.17, 15) is 4.79 Å². The van der Waals surface area contributed by atoms with Gasteiger partial charge < -0.3 is 29.0 Å². The second-order valence-electron chi connectivity index (χ2n) is 9.98. The van der Waals surface area contributed by atoms with Crippen LogP contribution >= 0.6 is 0 Å². The van der Waals surface area contributed by atoms with Gasteiger partial charge in [-0.05, 0) is 30.5 Å². The summed E-state index contributed by atoms with van der Waals surface area (Å²) in [7, 11) is 0. The Morgan fingerprint density at radius 2 is 1.26 bits per heavy atom. The van der Waals surface area contributed by atoms with Crippen molar-refractivity contribution in [3.63, 3.8) is 0 Å². The van der Waals surface area contributed by atoms with Crippen LogP contribution < -0.4 is 5.32 Å². The van der Waals surface area contributed by atoms with E-state index < -0.39 is 30.6 Å². The van der Waals surface area contributed by atoms with Gasteiger partial charge in [-0.2, -0.15) is 0 Å². The van der Waals surface area contributed by atoms with E-state index in [0.29, 0.717) is 19.8 Å². The normalized spacial score (nSPS) is 23.0. The Labute approximate surface area is 231 Å². The molecule has 208 valence electrons. The molecule has 0 aromatic heterocycles. The Bertz CT molecular complexity index is 1110. The maximum Gasteiger partial charge on any atom is 0.217 e.